The van der Waals surface area contributed by atoms with E-state index in [4.69, 9.17) is 5.11 Å². The lowest BCUT2D eigenvalue weighted by atomic mass is 10.1. The van der Waals surface area contributed by atoms with E-state index in [1.54, 1.807) is 18.2 Å². The van der Waals surface area contributed by atoms with Crippen molar-refractivity contribution in [3.8, 4) is 0 Å². The third-order valence-corrected chi connectivity index (χ3v) is 1.83. The number of carbonyl (C=O) groups is 1. The average Bonchev–Trinajstić information content (AvgIpc) is 2.17. The van der Waals surface area contributed by atoms with Crippen molar-refractivity contribution in [1.29, 1.82) is 0 Å². The molecule has 3 nitrogen and oxygen atoms in total. The minimum absolute atomic E-state index is 0.247. The highest BCUT2D eigenvalue weighted by Gasteiger charge is 2.04. The van der Waals surface area contributed by atoms with E-state index >= 15 is 0 Å². The topological polar surface area (TPSA) is 40.5 Å². The number of ketones is 1. The molecule has 1 rings (SSSR count). The molecule has 0 aromatic heterocycles. The van der Waals surface area contributed by atoms with Crippen molar-refractivity contribution in [1.82, 2.24) is 0 Å². The highest BCUT2D eigenvalue weighted by molar-refractivity contribution is 5.97. The minimum atomic E-state index is -0.434. The first-order valence-electron chi connectivity index (χ1n) is 4.06. The Morgan fingerprint density at radius 1 is 1.46 bits per heavy atom. The molecule has 0 radical (unpaired) electrons. The third-order valence-electron chi connectivity index (χ3n) is 1.83. The second-order valence-electron chi connectivity index (χ2n) is 3.03. The first-order chi connectivity index (χ1) is 6.15. The van der Waals surface area contributed by atoms with Gasteiger partial charge in [0, 0.05) is 25.3 Å². The molecule has 0 aliphatic rings. The van der Waals surface area contributed by atoms with Gasteiger partial charge < -0.3 is 10.0 Å². The number of aliphatic hydroxyl groups excluding tert-OH is 1. The van der Waals surface area contributed by atoms with Crippen molar-refractivity contribution in [3.05, 3.63) is 29.8 Å². The van der Waals surface area contributed by atoms with Crippen LogP contribution >= 0.6 is 0 Å². The van der Waals surface area contributed by atoms with Crippen LogP contribution < -0.4 is 4.90 Å². The highest BCUT2D eigenvalue weighted by Crippen LogP contribution is 2.13. The Morgan fingerprint density at radius 3 is 2.69 bits per heavy atom. The molecule has 0 aliphatic heterocycles. The fourth-order valence-electron chi connectivity index (χ4n) is 1.05. The smallest absolute Gasteiger partial charge is 0.188 e. The summed E-state index contributed by atoms with van der Waals surface area (Å²) in [6.07, 6.45) is 0. The van der Waals surface area contributed by atoms with E-state index in [9.17, 15) is 4.79 Å². The fraction of sp³-hybridized carbons (Fsp3) is 0.300. The highest BCUT2D eigenvalue weighted by atomic mass is 16.3. The molecule has 1 N–H and O–H groups in total. The van der Waals surface area contributed by atoms with Gasteiger partial charge in [0.15, 0.2) is 5.78 Å². The predicted molar refractivity (Wildman–Crippen MR) is 52.2 cm³/mol. The van der Waals surface area contributed by atoms with E-state index in [-0.39, 0.29) is 5.78 Å². The second-order valence-corrected chi connectivity index (χ2v) is 3.03. The third kappa shape index (κ3) is 2.29. The van der Waals surface area contributed by atoms with E-state index in [1.165, 1.54) is 0 Å². The molecule has 0 heterocycles. The Balaban J connectivity index is 2.98. The number of benzene rings is 1. The summed E-state index contributed by atoms with van der Waals surface area (Å²) in [5, 5.41) is 8.65. The Kier molecular flexibility index (Phi) is 3.03. The average molecular weight is 179 g/mol. The molecule has 13 heavy (non-hydrogen) atoms. The molecule has 0 fully saturated rings. The quantitative estimate of drug-likeness (QED) is 0.702. The fourth-order valence-corrected chi connectivity index (χ4v) is 1.05. The summed E-state index contributed by atoms with van der Waals surface area (Å²) in [5.41, 5.74) is 1.51. The monoisotopic (exact) mass is 179 g/mol. The van der Waals surface area contributed by atoms with Gasteiger partial charge in [0.1, 0.15) is 6.61 Å². The zero-order chi connectivity index (χ0) is 9.84. The van der Waals surface area contributed by atoms with Gasteiger partial charge in [-0.15, -0.1) is 0 Å². The number of hydrogen-bond donors (Lipinski definition) is 1. The molecule has 1 aromatic rings. The SMILES string of the molecule is CN(C)c1cccc(C(=O)CO)c1. The lowest BCUT2D eigenvalue weighted by Crippen LogP contribution is -2.10. The van der Waals surface area contributed by atoms with Gasteiger partial charge in [-0.1, -0.05) is 12.1 Å². The molecule has 0 unspecified atom stereocenters. The summed E-state index contributed by atoms with van der Waals surface area (Å²) in [6.45, 7) is -0.434. The molecule has 0 saturated heterocycles. The first-order valence-corrected chi connectivity index (χ1v) is 4.06. The molecule has 0 bridgehead atoms. The second kappa shape index (κ2) is 4.05. The summed E-state index contributed by atoms with van der Waals surface area (Å²) in [4.78, 5) is 13.0. The Hall–Kier alpha value is -1.35. The van der Waals surface area contributed by atoms with Crippen LogP contribution in [-0.2, 0) is 0 Å². The van der Waals surface area contributed by atoms with E-state index in [1.807, 2.05) is 25.1 Å². The number of Topliss-reactive ketones (excluding diaryl/α,β-unsaturated/α-hetero) is 1. The van der Waals surface area contributed by atoms with Gasteiger partial charge in [-0.2, -0.15) is 0 Å². The number of rotatable bonds is 3. The van der Waals surface area contributed by atoms with E-state index in [2.05, 4.69) is 0 Å². The lowest BCUT2D eigenvalue weighted by molar-refractivity contribution is 0.0904. The number of hydrogen-bond acceptors (Lipinski definition) is 3. The molecular weight excluding hydrogens is 166 g/mol. The van der Waals surface area contributed by atoms with Crippen LogP contribution in [0.5, 0.6) is 0 Å². The van der Waals surface area contributed by atoms with Crippen LogP contribution in [0.1, 0.15) is 10.4 Å². The molecule has 0 atom stereocenters. The van der Waals surface area contributed by atoms with Crippen LogP contribution in [0.3, 0.4) is 0 Å². The van der Waals surface area contributed by atoms with Crippen LogP contribution in [0.15, 0.2) is 24.3 Å². The Morgan fingerprint density at radius 2 is 2.15 bits per heavy atom. The molecular formula is C10H13NO2. The van der Waals surface area contributed by atoms with Crippen molar-refractivity contribution in [2.45, 2.75) is 0 Å². The van der Waals surface area contributed by atoms with E-state index < -0.39 is 6.61 Å². The Bertz CT molecular complexity index is 308. The summed E-state index contributed by atoms with van der Waals surface area (Å²) >= 11 is 0. The van der Waals surface area contributed by atoms with Crippen LogP contribution in [0, 0.1) is 0 Å². The minimum Gasteiger partial charge on any atom is -0.388 e. The Labute approximate surface area is 77.6 Å². The first kappa shape index (κ1) is 9.74. The van der Waals surface area contributed by atoms with Crippen molar-refractivity contribution >= 4 is 11.5 Å². The van der Waals surface area contributed by atoms with Crippen molar-refractivity contribution < 1.29 is 9.90 Å². The largest absolute Gasteiger partial charge is 0.388 e. The molecule has 0 saturated carbocycles. The van der Waals surface area contributed by atoms with Gasteiger partial charge in [-0.05, 0) is 12.1 Å². The molecule has 1 aromatic carbocycles. The summed E-state index contributed by atoms with van der Waals surface area (Å²) in [5.74, 6) is -0.247. The standard InChI is InChI=1S/C10H13NO2/c1-11(2)9-5-3-4-8(6-9)10(13)7-12/h3-6,12H,7H2,1-2H3. The van der Waals surface area contributed by atoms with Crippen molar-refractivity contribution in [2.24, 2.45) is 0 Å². The number of aliphatic hydroxyl groups is 1. The molecule has 0 aliphatic carbocycles. The zero-order valence-electron chi connectivity index (χ0n) is 7.82. The molecule has 70 valence electrons. The van der Waals surface area contributed by atoms with Gasteiger partial charge in [-0.3, -0.25) is 4.79 Å². The maximum Gasteiger partial charge on any atom is 0.188 e. The lowest BCUT2D eigenvalue weighted by Gasteiger charge is -2.12. The summed E-state index contributed by atoms with van der Waals surface area (Å²) in [6, 6.07) is 7.18. The summed E-state index contributed by atoms with van der Waals surface area (Å²) in [7, 11) is 3.81. The van der Waals surface area contributed by atoms with Gasteiger partial charge in [0.2, 0.25) is 0 Å². The van der Waals surface area contributed by atoms with Crippen LogP contribution in [-0.4, -0.2) is 31.6 Å². The van der Waals surface area contributed by atoms with Crippen LogP contribution in [0.25, 0.3) is 0 Å². The zero-order valence-corrected chi connectivity index (χ0v) is 7.82. The predicted octanol–water partition coefficient (Wildman–Crippen LogP) is 0.928. The van der Waals surface area contributed by atoms with E-state index in [0.717, 1.165) is 5.69 Å². The normalized spacial score (nSPS) is 9.77. The van der Waals surface area contributed by atoms with Gasteiger partial charge in [0.05, 0.1) is 0 Å². The number of anilines is 1. The van der Waals surface area contributed by atoms with Crippen molar-refractivity contribution in [3.63, 3.8) is 0 Å². The van der Waals surface area contributed by atoms with Gasteiger partial charge in [0.25, 0.3) is 0 Å². The van der Waals surface area contributed by atoms with Crippen LogP contribution in [0.4, 0.5) is 5.69 Å². The molecule has 0 spiro atoms. The van der Waals surface area contributed by atoms with Gasteiger partial charge >= 0.3 is 0 Å². The van der Waals surface area contributed by atoms with E-state index in [0.29, 0.717) is 5.56 Å². The number of carbonyl (C=O) groups excluding carboxylic acids is 1. The maximum absolute atomic E-state index is 11.1. The van der Waals surface area contributed by atoms with Crippen molar-refractivity contribution in [2.75, 3.05) is 25.6 Å². The maximum atomic E-state index is 11.1. The van der Waals surface area contributed by atoms with Crippen LogP contribution in [0.2, 0.25) is 0 Å². The number of nitrogens with zero attached hydrogens (tertiary/aromatic N) is 1. The van der Waals surface area contributed by atoms with Gasteiger partial charge in [-0.25, -0.2) is 0 Å². The molecule has 0 amide bonds. The summed E-state index contributed by atoms with van der Waals surface area (Å²) < 4.78 is 0. The molecule has 3 heteroatoms.